The topological polar surface area (TPSA) is 61.8 Å². The molecule has 38 heavy (non-hydrogen) atoms. The number of hydrogen-bond acceptors (Lipinski definition) is 8. The van der Waals surface area contributed by atoms with Crippen molar-refractivity contribution in [2.24, 2.45) is 0 Å². The predicted molar refractivity (Wildman–Crippen MR) is 159 cm³/mol. The molecule has 0 radical (unpaired) electrons. The Morgan fingerprint density at radius 1 is 0.868 bits per heavy atom. The van der Waals surface area contributed by atoms with E-state index in [1.165, 1.54) is 30.9 Å². The number of carbonyl (C=O) groups is 2. The number of rotatable bonds is 16. The van der Waals surface area contributed by atoms with E-state index in [1.54, 1.807) is 38.9 Å². The zero-order valence-electron chi connectivity index (χ0n) is 22.0. The minimum Gasteiger partial charge on any atom is -0.496 e. The van der Waals surface area contributed by atoms with Crippen LogP contribution in [0.2, 0.25) is 0 Å². The van der Waals surface area contributed by atoms with Gasteiger partial charge >= 0.3 is 5.97 Å². The van der Waals surface area contributed by atoms with E-state index in [2.05, 4.69) is 18.7 Å². The molecule has 0 aliphatic carbocycles. The molecule has 0 saturated carbocycles. The van der Waals surface area contributed by atoms with Crippen LogP contribution < -0.4 is 9.47 Å². The fraction of sp³-hybridized carbons (Fsp3) is 0.367. The van der Waals surface area contributed by atoms with Crippen LogP contribution in [0.1, 0.15) is 67.8 Å². The monoisotopic (exact) mass is 570 g/mol. The summed E-state index contributed by atoms with van der Waals surface area (Å²) < 4.78 is 17.4. The normalized spacial score (nSPS) is 10.7. The van der Waals surface area contributed by atoms with Crippen LogP contribution in [0.15, 0.2) is 55.1 Å². The van der Waals surface area contributed by atoms with Crippen LogP contribution in [-0.4, -0.2) is 32.1 Å². The number of methoxy groups -OCH3 is 1. The summed E-state index contributed by atoms with van der Waals surface area (Å²) >= 11 is 5.21. The summed E-state index contributed by atoms with van der Waals surface area (Å²) in [6.07, 6.45) is 7.44. The summed E-state index contributed by atoms with van der Waals surface area (Å²) in [4.78, 5) is 25.2. The Balaban J connectivity index is 1.21. The Morgan fingerprint density at radius 2 is 1.53 bits per heavy atom. The van der Waals surface area contributed by atoms with Crippen LogP contribution in [0, 0.1) is 3.82 Å². The second kappa shape index (κ2) is 15.6. The molecule has 0 atom stereocenters. The largest absolute Gasteiger partial charge is 0.496 e. The van der Waals surface area contributed by atoms with Gasteiger partial charge < -0.3 is 14.2 Å². The molecule has 5 nitrogen and oxygen atoms in total. The first kappa shape index (κ1) is 29.7. The molecule has 0 aliphatic heterocycles. The van der Waals surface area contributed by atoms with Gasteiger partial charge in [-0.25, -0.2) is 4.79 Å². The zero-order chi connectivity index (χ0) is 27.3. The molecular weight excluding hydrogens is 537 g/mol. The van der Waals surface area contributed by atoms with E-state index < -0.39 is 5.97 Å². The van der Waals surface area contributed by atoms with E-state index in [9.17, 15) is 9.59 Å². The third-order valence-electron chi connectivity index (χ3n) is 6.07. The molecule has 0 fully saturated rings. The van der Waals surface area contributed by atoms with Crippen LogP contribution in [0.4, 0.5) is 0 Å². The average Bonchev–Trinajstić information content (AvgIpc) is 3.37. The lowest BCUT2D eigenvalue weighted by atomic mass is 10.0. The number of hydrogen-bond donors (Lipinski definition) is 0. The van der Waals surface area contributed by atoms with Crippen molar-refractivity contribution in [1.29, 1.82) is 0 Å². The highest BCUT2D eigenvalue weighted by Gasteiger charge is 2.15. The quantitative estimate of drug-likeness (QED) is 0.0428. The number of unbranched alkanes of at least 4 members (excludes halogenated alkanes) is 6. The third kappa shape index (κ3) is 9.19. The SMILES string of the molecule is C=C(C(=O)OCCCCCCCCCOc1ccc(-c2cc(=S)ss2)cc1)c1ccc(C(C)=O)c(OC)c1. The predicted octanol–water partition coefficient (Wildman–Crippen LogP) is 8.78. The summed E-state index contributed by atoms with van der Waals surface area (Å²) in [5.74, 6) is 0.775. The molecule has 0 N–H and O–H groups in total. The highest BCUT2D eigenvalue weighted by atomic mass is 32.9. The Hall–Kier alpha value is -2.81. The van der Waals surface area contributed by atoms with Gasteiger partial charge in [0.05, 0.1) is 31.5 Å². The van der Waals surface area contributed by atoms with Gasteiger partial charge in [-0.1, -0.05) is 77.6 Å². The van der Waals surface area contributed by atoms with Gasteiger partial charge in [0.2, 0.25) is 0 Å². The van der Waals surface area contributed by atoms with E-state index in [0.717, 1.165) is 54.7 Å². The lowest BCUT2D eigenvalue weighted by Gasteiger charge is -2.11. The fourth-order valence-corrected chi connectivity index (χ4v) is 6.31. The van der Waals surface area contributed by atoms with Crippen molar-refractivity contribution < 1.29 is 23.8 Å². The Morgan fingerprint density at radius 3 is 2.13 bits per heavy atom. The van der Waals surface area contributed by atoms with Crippen LogP contribution in [0.25, 0.3) is 16.0 Å². The molecule has 0 spiro atoms. The maximum Gasteiger partial charge on any atom is 0.338 e. The number of ketones is 1. The maximum atomic E-state index is 12.3. The number of carbonyl (C=O) groups excluding carboxylic acids is 2. The van der Waals surface area contributed by atoms with Gasteiger partial charge in [0.15, 0.2) is 5.78 Å². The molecule has 0 aliphatic rings. The van der Waals surface area contributed by atoms with Crippen molar-refractivity contribution in [2.45, 2.75) is 51.9 Å². The molecule has 3 aromatic rings. The van der Waals surface area contributed by atoms with Gasteiger partial charge in [0, 0.05) is 4.88 Å². The first-order valence-electron chi connectivity index (χ1n) is 12.8. The minimum atomic E-state index is -0.449. The molecule has 0 bridgehead atoms. The first-order chi connectivity index (χ1) is 18.4. The Kier molecular flexibility index (Phi) is 12.2. The lowest BCUT2D eigenvalue weighted by Crippen LogP contribution is -2.08. The minimum absolute atomic E-state index is 0.0987. The zero-order valence-corrected chi connectivity index (χ0v) is 24.4. The Bertz CT molecular complexity index is 1270. The highest BCUT2D eigenvalue weighted by Crippen LogP contribution is 2.30. The third-order valence-corrected chi connectivity index (χ3v) is 8.98. The molecule has 0 saturated heterocycles. The van der Waals surface area contributed by atoms with Gasteiger partial charge in [-0.05, 0) is 73.4 Å². The van der Waals surface area contributed by atoms with E-state index in [-0.39, 0.29) is 11.4 Å². The van der Waals surface area contributed by atoms with E-state index in [4.69, 9.17) is 26.4 Å². The summed E-state index contributed by atoms with van der Waals surface area (Å²) in [7, 11) is 4.82. The molecule has 202 valence electrons. The van der Waals surface area contributed by atoms with E-state index >= 15 is 0 Å². The van der Waals surface area contributed by atoms with Crippen LogP contribution >= 0.6 is 32.9 Å². The fourth-order valence-electron chi connectivity index (χ4n) is 3.91. The maximum absolute atomic E-state index is 12.3. The number of esters is 1. The van der Waals surface area contributed by atoms with Gasteiger partial charge in [0.1, 0.15) is 15.3 Å². The second-order valence-electron chi connectivity index (χ2n) is 8.93. The molecule has 0 unspecified atom stereocenters. The van der Waals surface area contributed by atoms with Crippen molar-refractivity contribution in [3.8, 4) is 21.9 Å². The van der Waals surface area contributed by atoms with Gasteiger partial charge in [-0.2, -0.15) is 0 Å². The van der Waals surface area contributed by atoms with Gasteiger partial charge in [0.25, 0.3) is 0 Å². The smallest absolute Gasteiger partial charge is 0.338 e. The van der Waals surface area contributed by atoms with Gasteiger partial charge in [-0.3, -0.25) is 4.79 Å². The second-order valence-corrected chi connectivity index (χ2v) is 11.8. The highest BCUT2D eigenvalue weighted by molar-refractivity contribution is 7.80. The standard InChI is InChI=1S/C30H34O5S3/c1-21(24-13-16-26(22(2)31)27(19-24)33-3)30(32)35-18-10-8-6-4-5-7-9-17-34-25-14-11-23(12-15-25)28-20-29(36)38-37-28/h11-16,19-20H,1,4-10,17-18H2,2-3H3. The summed E-state index contributed by atoms with van der Waals surface area (Å²) in [5.41, 5.74) is 2.49. The van der Waals surface area contributed by atoms with Crippen LogP contribution in [0.3, 0.4) is 0 Å². The molecule has 8 heteroatoms. The van der Waals surface area contributed by atoms with E-state index in [1.807, 2.05) is 18.2 Å². The summed E-state index contributed by atoms with van der Waals surface area (Å²) in [5, 5.41) is 0. The van der Waals surface area contributed by atoms with Gasteiger partial charge in [-0.15, -0.1) is 0 Å². The van der Waals surface area contributed by atoms with Crippen molar-refractivity contribution >= 4 is 50.2 Å². The first-order valence-corrected chi connectivity index (χ1v) is 15.3. The average molecular weight is 571 g/mol. The van der Waals surface area contributed by atoms with Crippen LogP contribution in [0.5, 0.6) is 11.5 Å². The van der Waals surface area contributed by atoms with Crippen molar-refractivity contribution in [3.63, 3.8) is 0 Å². The molecule has 3 rings (SSSR count). The number of Topliss-reactive ketones (excluding diaryl/α,β-unsaturated/α-hetero) is 1. The lowest BCUT2D eigenvalue weighted by molar-refractivity contribution is -0.136. The molecular formula is C30H34O5S3. The summed E-state index contributed by atoms with van der Waals surface area (Å²) in [6.45, 7) is 6.41. The molecule has 1 aromatic heterocycles. The van der Waals surface area contributed by atoms with Crippen molar-refractivity contribution in [2.75, 3.05) is 20.3 Å². The molecule has 1 heterocycles. The summed E-state index contributed by atoms with van der Waals surface area (Å²) in [6, 6.07) is 15.2. The number of ether oxygens (including phenoxy) is 3. The number of benzene rings is 2. The Labute approximate surface area is 237 Å². The molecule has 0 amide bonds. The van der Waals surface area contributed by atoms with Crippen molar-refractivity contribution in [3.05, 3.63) is 70.1 Å². The van der Waals surface area contributed by atoms with Crippen LogP contribution in [-0.2, 0) is 9.53 Å². The molecule has 2 aromatic carbocycles. The van der Waals surface area contributed by atoms with E-state index in [0.29, 0.717) is 23.5 Å². The van der Waals surface area contributed by atoms with Crippen molar-refractivity contribution in [1.82, 2.24) is 0 Å².